The topological polar surface area (TPSA) is 73.6 Å². The lowest BCUT2D eigenvalue weighted by atomic mass is 10.1. The van der Waals surface area contributed by atoms with Gasteiger partial charge in [-0.3, -0.25) is 4.79 Å². The summed E-state index contributed by atoms with van der Waals surface area (Å²) in [6.07, 6.45) is 0. The Morgan fingerprint density at radius 2 is 1.78 bits per heavy atom. The van der Waals surface area contributed by atoms with E-state index in [1.165, 1.54) is 0 Å². The Kier molecular flexibility index (Phi) is 6.00. The Bertz CT molecular complexity index is 641. The van der Waals surface area contributed by atoms with E-state index in [9.17, 15) is 4.79 Å². The molecule has 2 aromatic carbocycles. The fraction of sp³-hybridized carbons (Fsp3) is 0.278. The third kappa shape index (κ3) is 5.30. The third-order valence-corrected chi connectivity index (χ3v) is 3.51. The summed E-state index contributed by atoms with van der Waals surface area (Å²) in [5.41, 5.74) is 7.37. The number of ether oxygens (including phenoxy) is 2. The maximum Gasteiger partial charge on any atom is 0.234 e. The highest BCUT2D eigenvalue weighted by molar-refractivity contribution is 5.79. The van der Waals surface area contributed by atoms with Crippen molar-refractivity contribution < 1.29 is 14.3 Å². The van der Waals surface area contributed by atoms with Gasteiger partial charge < -0.3 is 20.5 Å². The Balaban J connectivity index is 1.86. The summed E-state index contributed by atoms with van der Waals surface area (Å²) < 4.78 is 10.9. The third-order valence-electron chi connectivity index (χ3n) is 3.51. The lowest BCUT2D eigenvalue weighted by molar-refractivity contribution is -0.119. The molecule has 0 saturated carbocycles. The Labute approximate surface area is 136 Å². The van der Waals surface area contributed by atoms with Gasteiger partial charge >= 0.3 is 0 Å². The van der Waals surface area contributed by atoms with E-state index >= 15 is 0 Å². The van der Waals surface area contributed by atoms with E-state index in [2.05, 4.69) is 5.32 Å². The number of benzene rings is 2. The van der Waals surface area contributed by atoms with Crippen LogP contribution in [-0.2, 0) is 17.9 Å². The van der Waals surface area contributed by atoms with E-state index in [4.69, 9.17) is 15.2 Å². The molecule has 3 N–H and O–H groups in total. The van der Waals surface area contributed by atoms with Gasteiger partial charge in [0.1, 0.15) is 18.1 Å². The standard InChI is InChI=1S/C18H22N2O3/c1-13(18(19)21)20-11-14-6-8-15(9-7-14)12-23-17-5-3-4-16(10-17)22-2/h3-10,13,20H,11-12H2,1-2H3,(H2,19,21)/t13-/m0/s1. The predicted molar refractivity (Wildman–Crippen MR) is 89.3 cm³/mol. The summed E-state index contributed by atoms with van der Waals surface area (Å²) in [6.45, 7) is 2.83. The first-order valence-corrected chi connectivity index (χ1v) is 7.46. The summed E-state index contributed by atoms with van der Waals surface area (Å²) in [5, 5.41) is 3.07. The van der Waals surface area contributed by atoms with Crippen LogP contribution in [0.2, 0.25) is 0 Å². The number of nitrogens with two attached hydrogens (primary N) is 1. The SMILES string of the molecule is COc1cccc(OCc2ccc(CN[C@@H](C)C(N)=O)cc2)c1. The molecule has 23 heavy (non-hydrogen) atoms. The zero-order chi connectivity index (χ0) is 16.7. The van der Waals surface area contributed by atoms with E-state index in [0.29, 0.717) is 13.2 Å². The second-order valence-corrected chi connectivity index (χ2v) is 5.29. The van der Waals surface area contributed by atoms with Crippen LogP contribution in [0.25, 0.3) is 0 Å². The van der Waals surface area contributed by atoms with Crippen LogP contribution in [0, 0.1) is 0 Å². The van der Waals surface area contributed by atoms with Crippen LogP contribution in [0.1, 0.15) is 18.1 Å². The molecule has 122 valence electrons. The molecule has 0 saturated heterocycles. The van der Waals surface area contributed by atoms with E-state index in [1.807, 2.05) is 48.5 Å². The smallest absolute Gasteiger partial charge is 0.234 e. The van der Waals surface area contributed by atoms with Gasteiger partial charge in [-0.05, 0) is 30.2 Å². The molecule has 5 nitrogen and oxygen atoms in total. The molecule has 1 amide bonds. The van der Waals surface area contributed by atoms with Crippen molar-refractivity contribution >= 4 is 5.91 Å². The largest absolute Gasteiger partial charge is 0.497 e. The molecule has 0 radical (unpaired) electrons. The molecule has 0 bridgehead atoms. The van der Waals surface area contributed by atoms with Crippen LogP contribution in [-0.4, -0.2) is 19.1 Å². The number of amides is 1. The number of nitrogens with one attached hydrogen (secondary N) is 1. The first-order valence-electron chi connectivity index (χ1n) is 7.46. The number of hydrogen-bond donors (Lipinski definition) is 2. The first kappa shape index (κ1) is 16.8. The molecular formula is C18H22N2O3. The lowest BCUT2D eigenvalue weighted by Crippen LogP contribution is -2.38. The molecule has 0 aliphatic carbocycles. The number of methoxy groups -OCH3 is 1. The average Bonchev–Trinajstić information content (AvgIpc) is 2.58. The van der Waals surface area contributed by atoms with Crippen LogP contribution in [0.3, 0.4) is 0 Å². The van der Waals surface area contributed by atoms with E-state index in [-0.39, 0.29) is 11.9 Å². The summed E-state index contributed by atoms with van der Waals surface area (Å²) in [4.78, 5) is 11.0. The van der Waals surface area contributed by atoms with Gasteiger partial charge in [-0.2, -0.15) is 0 Å². The molecule has 0 spiro atoms. The minimum absolute atomic E-state index is 0.342. The van der Waals surface area contributed by atoms with Crippen molar-refractivity contribution in [3.63, 3.8) is 0 Å². The van der Waals surface area contributed by atoms with Gasteiger partial charge in [-0.15, -0.1) is 0 Å². The molecule has 0 aliphatic rings. The van der Waals surface area contributed by atoms with Crippen LogP contribution in [0.15, 0.2) is 48.5 Å². The first-order chi connectivity index (χ1) is 11.1. The van der Waals surface area contributed by atoms with E-state index in [0.717, 1.165) is 22.6 Å². The van der Waals surface area contributed by atoms with Gasteiger partial charge in [0.25, 0.3) is 0 Å². The highest BCUT2D eigenvalue weighted by atomic mass is 16.5. The van der Waals surface area contributed by atoms with Crippen LogP contribution in [0.4, 0.5) is 0 Å². The normalized spacial score (nSPS) is 11.7. The van der Waals surface area contributed by atoms with Gasteiger partial charge in [0.2, 0.25) is 5.91 Å². The van der Waals surface area contributed by atoms with Crippen LogP contribution in [0.5, 0.6) is 11.5 Å². The van der Waals surface area contributed by atoms with Gasteiger partial charge in [0, 0.05) is 12.6 Å². The predicted octanol–water partition coefficient (Wildman–Crippen LogP) is 2.24. The second-order valence-electron chi connectivity index (χ2n) is 5.29. The minimum Gasteiger partial charge on any atom is -0.497 e. The molecule has 0 aromatic heterocycles. The number of carbonyl (C=O) groups excluding carboxylic acids is 1. The second kappa shape index (κ2) is 8.19. The van der Waals surface area contributed by atoms with Crippen LogP contribution < -0.4 is 20.5 Å². The van der Waals surface area contributed by atoms with E-state index < -0.39 is 0 Å². The maximum atomic E-state index is 11.0. The highest BCUT2D eigenvalue weighted by Gasteiger charge is 2.07. The number of hydrogen-bond acceptors (Lipinski definition) is 4. The van der Waals surface area contributed by atoms with Crippen LogP contribution >= 0.6 is 0 Å². The van der Waals surface area contributed by atoms with Gasteiger partial charge in [-0.1, -0.05) is 30.3 Å². The Morgan fingerprint density at radius 3 is 2.43 bits per heavy atom. The maximum absolute atomic E-state index is 11.0. The minimum atomic E-state index is -0.353. The zero-order valence-corrected chi connectivity index (χ0v) is 13.4. The lowest BCUT2D eigenvalue weighted by Gasteiger charge is -2.11. The van der Waals surface area contributed by atoms with Crippen molar-refractivity contribution in [1.82, 2.24) is 5.32 Å². The van der Waals surface area contributed by atoms with Gasteiger partial charge in [0.15, 0.2) is 0 Å². The molecule has 1 atom stereocenters. The van der Waals surface area contributed by atoms with Crippen molar-refractivity contribution in [3.8, 4) is 11.5 Å². The summed E-state index contributed by atoms with van der Waals surface area (Å²) in [6, 6.07) is 15.2. The van der Waals surface area contributed by atoms with Gasteiger partial charge in [-0.25, -0.2) is 0 Å². The summed E-state index contributed by atoms with van der Waals surface area (Å²) >= 11 is 0. The molecule has 5 heteroatoms. The van der Waals surface area contributed by atoms with Crippen molar-refractivity contribution in [2.45, 2.75) is 26.1 Å². The number of rotatable bonds is 8. The summed E-state index contributed by atoms with van der Waals surface area (Å²) in [7, 11) is 1.63. The van der Waals surface area contributed by atoms with Crippen molar-refractivity contribution in [2.24, 2.45) is 5.73 Å². The Morgan fingerprint density at radius 1 is 1.13 bits per heavy atom. The molecule has 2 rings (SSSR count). The van der Waals surface area contributed by atoms with E-state index in [1.54, 1.807) is 14.0 Å². The molecule has 0 heterocycles. The molecule has 2 aromatic rings. The molecule has 0 fully saturated rings. The fourth-order valence-corrected chi connectivity index (χ4v) is 1.98. The molecular weight excluding hydrogens is 292 g/mol. The highest BCUT2D eigenvalue weighted by Crippen LogP contribution is 2.20. The Hall–Kier alpha value is -2.53. The van der Waals surface area contributed by atoms with Crippen molar-refractivity contribution in [1.29, 1.82) is 0 Å². The molecule has 0 aliphatic heterocycles. The average molecular weight is 314 g/mol. The number of carbonyl (C=O) groups is 1. The number of primary amides is 1. The molecule has 0 unspecified atom stereocenters. The zero-order valence-electron chi connectivity index (χ0n) is 13.4. The van der Waals surface area contributed by atoms with Crippen molar-refractivity contribution in [2.75, 3.05) is 7.11 Å². The van der Waals surface area contributed by atoms with Gasteiger partial charge in [0.05, 0.1) is 13.2 Å². The monoisotopic (exact) mass is 314 g/mol. The van der Waals surface area contributed by atoms with Crippen molar-refractivity contribution in [3.05, 3.63) is 59.7 Å². The fourth-order valence-electron chi connectivity index (χ4n) is 1.98. The quantitative estimate of drug-likeness (QED) is 0.784. The summed E-state index contributed by atoms with van der Waals surface area (Å²) in [5.74, 6) is 1.19.